The predicted octanol–water partition coefficient (Wildman–Crippen LogP) is 2.95. The van der Waals surface area contributed by atoms with E-state index < -0.39 is 0 Å². The molecule has 0 aliphatic heterocycles. The Hall–Kier alpha value is -1.18. The summed E-state index contributed by atoms with van der Waals surface area (Å²) in [4.78, 5) is 19.5. The Labute approximate surface area is 132 Å². The van der Waals surface area contributed by atoms with Crippen molar-refractivity contribution in [3.05, 3.63) is 32.0 Å². The Morgan fingerprint density at radius 2 is 2.10 bits per heavy atom. The van der Waals surface area contributed by atoms with Crippen LogP contribution in [0.4, 0.5) is 0 Å². The molecule has 0 unspecified atom stereocenters. The number of rotatable bonds is 3. The fourth-order valence-corrected chi connectivity index (χ4v) is 2.99. The molecular formula is C14H19IN4O. The zero-order valence-electron chi connectivity index (χ0n) is 12.2. The number of H-pyrrole nitrogens is 1. The first kappa shape index (κ1) is 15.2. The highest BCUT2D eigenvalue weighted by atomic mass is 127. The summed E-state index contributed by atoms with van der Waals surface area (Å²) < 4.78 is 2.52. The van der Waals surface area contributed by atoms with Gasteiger partial charge >= 0.3 is 0 Å². The highest BCUT2D eigenvalue weighted by Crippen LogP contribution is 2.25. The van der Waals surface area contributed by atoms with Gasteiger partial charge in [-0.3, -0.25) is 9.48 Å². The van der Waals surface area contributed by atoms with Crippen molar-refractivity contribution in [3.8, 4) is 11.4 Å². The quantitative estimate of drug-likeness (QED) is 0.826. The van der Waals surface area contributed by atoms with Crippen molar-refractivity contribution >= 4 is 22.6 Å². The van der Waals surface area contributed by atoms with Crippen molar-refractivity contribution in [2.45, 2.75) is 46.1 Å². The van der Waals surface area contributed by atoms with Gasteiger partial charge in [0.25, 0.3) is 5.56 Å². The molecule has 20 heavy (non-hydrogen) atoms. The average molecular weight is 386 g/mol. The van der Waals surface area contributed by atoms with Crippen LogP contribution in [0, 0.1) is 3.57 Å². The minimum absolute atomic E-state index is 0.0937. The van der Waals surface area contributed by atoms with Gasteiger partial charge in [-0.15, -0.1) is 0 Å². The van der Waals surface area contributed by atoms with Crippen LogP contribution in [0.1, 0.15) is 39.8 Å². The third-order valence-electron chi connectivity index (χ3n) is 2.93. The van der Waals surface area contributed by atoms with E-state index in [1.54, 1.807) is 6.20 Å². The summed E-state index contributed by atoms with van der Waals surface area (Å²) in [6.45, 7) is 9.13. The molecule has 2 rings (SSSR count). The summed E-state index contributed by atoms with van der Waals surface area (Å²) in [5.74, 6) is 0.586. The number of aromatic amines is 1. The Balaban J connectivity index is 2.52. The van der Waals surface area contributed by atoms with Gasteiger partial charge < -0.3 is 4.98 Å². The van der Waals surface area contributed by atoms with Gasteiger partial charge in [0.05, 0.1) is 17.5 Å². The van der Waals surface area contributed by atoms with Crippen LogP contribution in [0.2, 0.25) is 0 Å². The molecule has 2 aromatic rings. The SMILES string of the molecule is CCCn1cc(-c2nc(C(C)(C)C)c(I)c(=O)[nH]2)cn1. The minimum Gasteiger partial charge on any atom is -0.305 e. The minimum atomic E-state index is -0.168. The van der Waals surface area contributed by atoms with E-state index in [1.807, 2.05) is 10.9 Å². The third-order valence-corrected chi connectivity index (χ3v) is 3.93. The monoisotopic (exact) mass is 386 g/mol. The van der Waals surface area contributed by atoms with Crippen LogP contribution < -0.4 is 5.56 Å². The second kappa shape index (κ2) is 5.67. The fraction of sp³-hybridized carbons (Fsp3) is 0.500. The summed E-state index contributed by atoms with van der Waals surface area (Å²) in [6, 6.07) is 0. The highest BCUT2D eigenvalue weighted by Gasteiger charge is 2.22. The Morgan fingerprint density at radius 1 is 1.40 bits per heavy atom. The van der Waals surface area contributed by atoms with E-state index in [2.05, 4.69) is 65.4 Å². The maximum absolute atomic E-state index is 12.1. The zero-order valence-corrected chi connectivity index (χ0v) is 14.4. The molecular weight excluding hydrogens is 367 g/mol. The van der Waals surface area contributed by atoms with Crippen molar-refractivity contribution in [2.24, 2.45) is 0 Å². The molecule has 0 saturated carbocycles. The molecule has 2 heterocycles. The van der Waals surface area contributed by atoms with Gasteiger partial charge in [-0.25, -0.2) is 4.98 Å². The van der Waals surface area contributed by atoms with Crippen molar-refractivity contribution in [1.29, 1.82) is 0 Å². The van der Waals surface area contributed by atoms with E-state index >= 15 is 0 Å². The van der Waals surface area contributed by atoms with Crippen LogP contribution in [-0.4, -0.2) is 19.7 Å². The standard InChI is InChI=1S/C14H19IN4O/c1-5-6-19-8-9(7-16-19)12-17-11(14(2,3)4)10(15)13(20)18-12/h7-8H,5-6H2,1-4H3,(H,17,18,20). The molecule has 0 radical (unpaired) electrons. The van der Waals surface area contributed by atoms with Gasteiger partial charge in [-0.1, -0.05) is 27.7 Å². The van der Waals surface area contributed by atoms with E-state index in [9.17, 15) is 4.79 Å². The van der Waals surface area contributed by atoms with E-state index in [0.29, 0.717) is 9.39 Å². The number of nitrogens with one attached hydrogen (secondary N) is 1. The first-order valence-corrected chi connectivity index (χ1v) is 7.74. The fourth-order valence-electron chi connectivity index (χ4n) is 1.93. The Bertz CT molecular complexity index is 667. The lowest BCUT2D eigenvalue weighted by atomic mass is 9.92. The van der Waals surface area contributed by atoms with Gasteiger partial charge in [-0.05, 0) is 29.0 Å². The number of hydrogen-bond donors (Lipinski definition) is 1. The molecule has 0 aliphatic carbocycles. The van der Waals surface area contributed by atoms with Crippen LogP contribution in [-0.2, 0) is 12.0 Å². The normalized spacial score (nSPS) is 11.8. The summed E-state index contributed by atoms with van der Waals surface area (Å²) in [5.41, 5.74) is 1.40. The van der Waals surface area contributed by atoms with Crippen molar-refractivity contribution in [2.75, 3.05) is 0 Å². The van der Waals surface area contributed by atoms with Crippen LogP contribution in [0.15, 0.2) is 17.2 Å². The summed E-state index contributed by atoms with van der Waals surface area (Å²) in [6.07, 6.45) is 4.68. The van der Waals surface area contributed by atoms with Gasteiger partial charge in [0, 0.05) is 18.2 Å². The second-order valence-electron chi connectivity index (χ2n) is 5.82. The molecule has 0 amide bonds. The molecule has 108 valence electrons. The topological polar surface area (TPSA) is 63.6 Å². The van der Waals surface area contributed by atoms with Crippen LogP contribution in [0.3, 0.4) is 0 Å². The molecule has 0 fully saturated rings. The average Bonchev–Trinajstić information content (AvgIpc) is 2.80. The van der Waals surface area contributed by atoms with Crippen LogP contribution >= 0.6 is 22.6 Å². The maximum atomic E-state index is 12.1. The van der Waals surface area contributed by atoms with Gasteiger partial charge in [0.2, 0.25) is 0 Å². The number of nitrogens with zero attached hydrogens (tertiary/aromatic N) is 3. The van der Waals surface area contributed by atoms with Crippen molar-refractivity contribution in [1.82, 2.24) is 19.7 Å². The number of aromatic nitrogens is 4. The molecule has 2 aromatic heterocycles. The van der Waals surface area contributed by atoms with Gasteiger partial charge in [0.1, 0.15) is 9.39 Å². The summed E-state index contributed by atoms with van der Waals surface area (Å²) in [5, 5.41) is 4.28. The second-order valence-corrected chi connectivity index (χ2v) is 6.90. The van der Waals surface area contributed by atoms with Crippen molar-refractivity contribution < 1.29 is 0 Å². The summed E-state index contributed by atoms with van der Waals surface area (Å²) >= 11 is 2.06. The zero-order chi connectivity index (χ0) is 14.9. The van der Waals surface area contributed by atoms with Gasteiger partial charge in [-0.2, -0.15) is 5.10 Å². The lowest BCUT2D eigenvalue weighted by Gasteiger charge is -2.19. The maximum Gasteiger partial charge on any atom is 0.264 e. The Kier molecular flexibility index (Phi) is 4.31. The van der Waals surface area contributed by atoms with E-state index in [-0.39, 0.29) is 11.0 Å². The molecule has 0 saturated heterocycles. The molecule has 0 aromatic carbocycles. The van der Waals surface area contributed by atoms with E-state index in [4.69, 9.17) is 0 Å². The smallest absolute Gasteiger partial charge is 0.264 e. The summed E-state index contributed by atoms with van der Waals surface area (Å²) in [7, 11) is 0. The third kappa shape index (κ3) is 3.11. The van der Waals surface area contributed by atoms with Crippen LogP contribution in [0.5, 0.6) is 0 Å². The van der Waals surface area contributed by atoms with Crippen LogP contribution in [0.25, 0.3) is 11.4 Å². The first-order valence-electron chi connectivity index (χ1n) is 6.66. The molecule has 6 heteroatoms. The van der Waals surface area contributed by atoms with Crippen molar-refractivity contribution in [3.63, 3.8) is 0 Å². The largest absolute Gasteiger partial charge is 0.305 e. The molecule has 1 N–H and O–H groups in total. The number of aryl methyl sites for hydroxylation is 1. The predicted molar refractivity (Wildman–Crippen MR) is 87.8 cm³/mol. The Morgan fingerprint density at radius 3 is 2.70 bits per heavy atom. The molecule has 5 nitrogen and oxygen atoms in total. The first-order chi connectivity index (χ1) is 9.32. The molecule has 0 bridgehead atoms. The number of hydrogen-bond acceptors (Lipinski definition) is 3. The number of halogens is 1. The molecule has 0 aliphatic rings. The molecule has 0 atom stereocenters. The van der Waals surface area contributed by atoms with Gasteiger partial charge in [0.15, 0.2) is 0 Å². The van der Waals surface area contributed by atoms with E-state index in [0.717, 1.165) is 24.2 Å². The van der Waals surface area contributed by atoms with E-state index in [1.165, 1.54) is 0 Å². The lowest BCUT2D eigenvalue weighted by Crippen LogP contribution is -2.24. The highest BCUT2D eigenvalue weighted by molar-refractivity contribution is 14.1. The molecule has 0 spiro atoms. The lowest BCUT2D eigenvalue weighted by molar-refractivity contribution is 0.562.